The lowest BCUT2D eigenvalue weighted by Gasteiger charge is -2.33. The normalized spacial score (nSPS) is 15.7. The fourth-order valence-corrected chi connectivity index (χ4v) is 4.20. The number of pyridine rings is 2. The Balaban J connectivity index is 0.00000289. The number of aromatic nitrogens is 2. The lowest BCUT2D eigenvalue weighted by molar-refractivity contribution is -0.136. The number of nitrogens with one attached hydrogen (secondary N) is 2. The molecule has 0 bridgehead atoms. The number of anilines is 1. The van der Waals surface area contributed by atoms with E-state index in [1.165, 1.54) is 11.1 Å². The summed E-state index contributed by atoms with van der Waals surface area (Å²) in [5.41, 5.74) is 5.54. The Morgan fingerprint density at radius 1 is 1.09 bits per heavy atom. The van der Waals surface area contributed by atoms with Crippen LogP contribution in [0, 0.1) is 5.92 Å². The molecule has 2 aromatic heterocycles. The van der Waals surface area contributed by atoms with Gasteiger partial charge in [-0.3, -0.25) is 14.8 Å². The number of carbonyl (C=O) groups is 1. The minimum atomic E-state index is -0.795. The highest BCUT2D eigenvalue weighted by atomic mass is 35.5. The molecule has 6 nitrogen and oxygen atoms in total. The lowest BCUT2D eigenvalue weighted by Crippen LogP contribution is -2.37. The summed E-state index contributed by atoms with van der Waals surface area (Å²) in [6.07, 6.45) is 6.00. The first-order valence-electron chi connectivity index (χ1n) is 10.8. The molecule has 32 heavy (non-hydrogen) atoms. The quantitative estimate of drug-likeness (QED) is 0.453. The Morgan fingerprint density at radius 2 is 1.94 bits per heavy atom. The number of fused-ring (bicyclic) bond motifs is 1. The number of aliphatic carboxylic acids is 1. The van der Waals surface area contributed by atoms with Gasteiger partial charge in [0.2, 0.25) is 0 Å². The zero-order chi connectivity index (χ0) is 21.5. The highest BCUT2D eigenvalue weighted by Gasteiger charge is 2.27. The van der Waals surface area contributed by atoms with E-state index in [2.05, 4.69) is 50.9 Å². The van der Waals surface area contributed by atoms with E-state index >= 15 is 0 Å². The van der Waals surface area contributed by atoms with E-state index in [9.17, 15) is 4.79 Å². The number of rotatable bonds is 9. The summed E-state index contributed by atoms with van der Waals surface area (Å²) in [7, 11) is 0. The number of halogens is 1. The van der Waals surface area contributed by atoms with Crippen LogP contribution in [0.4, 0.5) is 5.69 Å². The van der Waals surface area contributed by atoms with Gasteiger partial charge in [0.25, 0.3) is 0 Å². The number of aryl methyl sites for hydroxylation is 1. The minimum Gasteiger partial charge on any atom is -0.481 e. The van der Waals surface area contributed by atoms with Crippen molar-refractivity contribution in [3.63, 3.8) is 0 Å². The minimum absolute atomic E-state index is 0. The molecule has 0 saturated carbocycles. The third-order valence-corrected chi connectivity index (χ3v) is 5.78. The standard InChI is InChI=1S/C25H28N4O2.ClH/c30-24(31)9-8-21-15-18(10-13-26-21)11-14-28-25(19-5-2-1-3-6-19)20-16-23-22(29-17-20)7-4-12-27-23;/h1-7,10,12-13,15,20,25,28-29H,8-9,11,14,16-17H2,(H,30,31);1H/t20-,25-;/m1./s1. The van der Waals surface area contributed by atoms with E-state index in [0.717, 1.165) is 43.0 Å². The van der Waals surface area contributed by atoms with Gasteiger partial charge >= 0.3 is 5.97 Å². The van der Waals surface area contributed by atoms with Crippen LogP contribution in [-0.4, -0.2) is 34.1 Å². The molecule has 2 atom stereocenters. The third kappa shape index (κ3) is 6.28. The summed E-state index contributed by atoms with van der Waals surface area (Å²) in [6, 6.07) is 18.9. The van der Waals surface area contributed by atoms with Crippen molar-refractivity contribution in [2.45, 2.75) is 31.7 Å². The molecule has 0 radical (unpaired) electrons. The van der Waals surface area contributed by atoms with Gasteiger partial charge in [-0.05, 0) is 54.8 Å². The van der Waals surface area contributed by atoms with Crippen LogP contribution in [-0.2, 0) is 24.1 Å². The smallest absolute Gasteiger partial charge is 0.303 e. The van der Waals surface area contributed by atoms with Gasteiger partial charge in [-0.1, -0.05) is 30.3 Å². The van der Waals surface area contributed by atoms with E-state index in [1.54, 1.807) is 6.20 Å². The van der Waals surface area contributed by atoms with Crippen molar-refractivity contribution in [1.82, 2.24) is 15.3 Å². The van der Waals surface area contributed by atoms with Crippen LogP contribution in [0.3, 0.4) is 0 Å². The second-order valence-corrected chi connectivity index (χ2v) is 7.98. The van der Waals surface area contributed by atoms with Gasteiger partial charge < -0.3 is 15.7 Å². The number of carboxylic acid groups (broad SMARTS) is 1. The van der Waals surface area contributed by atoms with Gasteiger partial charge in [0.05, 0.1) is 17.8 Å². The molecular formula is C25H29ClN4O2. The van der Waals surface area contributed by atoms with Crippen molar-refractivity contribution in [3.05, 3.63) is 89.5 Å². The van der Waals surface area contributed by atoms with E-state index in [0.29, 0.717) is 12.3 Å². The molecule has 1 aromatic carbocycles. The van der Waals surface area contributed by atoms with E-state index in [4.69, 9.17) is 5.11 Å². The summed E-state index contributed by atoms with van der Waals surface area (Å²) < 4.78 is 0. The molecular weight excluding hydrogens is 424 g/mol. The maximum Gasteiger partial charge on any atom is 0.303 e. The van der Waals surface area contributed by atoms with Crippen molar-refractivity contribution in [2.24, 2.45) is 5.92 Å². The molecule has 0 amide bonds. The number of benzene rings is 1. The zero-order valence-electron chi connectivity index (χ0n) is 17.9. The van der Waals surface area contributed by atoms with Crippen molar-refractivity contribution < 1.29 is 9.90 Å². The first kappa shape index (κ1) is 23.7. The topological polar surface area (TPSA) is 87.1 Å². The summed E-state index contributed by atoms with van der Waals surface area (Å²) in [5.74, 6) is -0.398. The monoisotopic (exact) mass is 452 g/mol. The Hall–Kier alpha value is -2.96. The predicted molar refractivity (Wildman–Crippen MR) is 128 cm³/mol. The molecule has 1 aliphatic rings. The van der Waals surface area contributed by atoms with E-state index in [-0.39, 0.29) is 24.9 Å². The van der Waals surface area contributed by atoms with Crippen LogP contribution >= 0.6 is 12.4 Å². The SMILES string of the molecule is Cl.O=C(O)CCc1cc(CCN[C@H](c2ccccc2)[C@H]2CNc3cccnc3C2)ccn1. The maximum atomic E-state index is 10.8. The Labute approximate surface area is 194 Å². The zero-order valence-corrected chi connectivity index (χ0v) is 18.7. The van der Waals surface area contributed by atoms with Crippen LogP contribution < -0.4 is 10.6 Å². The van der Waals surface area contributed by atoms with Crippen molar-refractivity contribution in [2.75, 3.05) is 18.4 Å². The second kappa shape index (κ2) is 11.6. The van der Waals surface area contributed by atoms with E-state index in [1.807, 2.05) is 30.5 Å². The van der Waals surface area contributed by atoms with Crippen molar-refractivity contribution in [1.29, 1.82) is 0 Å². The molecule has 0 saturated heterocycles. The molecule has 0 aliphatic carbocycles. The average molecular weight is 453 g/mol. The second-order valence-electron chi connectivity index (χ2n) is 7.98. The molecule has 4 rings (SSSR count). The molecule has 7 heteroatoms. The fourth-order valence-electron chi connectivity index (χ4n) is 4.20. The molecule has 3 N–H and O–H groups in total. The predicted octanol–water partition coefficient (Wildman–Crippen LogP) is 4.07. The van der Waals surface area contributed by atoms with Crippen LogP contribution in [0.15, 0.2) is 67.0 Å². The fraction of sp³-hybridized carbons (Fsp3) is 0.320. The molecule has 0 spiro atoms. The highest BCUT2D eigenvalue weighted by molar-refractivity contribution is 5.85. The van der Waals surface area contributed by atoms with Crippen LogP contribution in [0.25, 0.3) is 0 Å². The Bertz CT molecular complexity index is 1020. The molecule has 0 fully saturated rings. The Morgan fingerprint density at radius 3 is 2.75 bits per heavy atom. The number of hydrogen-bond acceptors (Lipinski definition) is 5. The molecule has 168 valence electrons. The first-order valence-corrected chi connectivity index (χ1v) is 10.8. The van der Waals surface area contributed by atoms with Crippen LogP contribution in [0.5, 0.6) is 0 Å². The largest absolute Gasteiger partial charge is 0.481 e. The number of hydrogen-bond donors (Lipinski definition) is 3. The number of carboxylic acids is 1. The lowest BCUT2D eigenvalue weighted by atomic mass is 9.86. The van der Waals surface area contributed by atoms with Crippen LogP contribution in [0.2, 0.25) is 0 Å². The molecule has 1 aliphatic heterocycles. The average Bonchev–Trinajstić information content (AvgIpc) is 2.81. The summed E-state index contributed by atoms with van der Waals surface area (Å²) >= 11 is 0. The van der Waals surface area contributed by atoms with E-state index < -0.39 is 5.97 Å². The first-order chi connectivity index (χ1) is 15.2. The summed E-state index contributed by atoms with van der Waals surface area (Å²) in [6.45, 7) is 1.73. The van der Waals surface area contributed by atoms with Gasteiger partial charge in [-0.15, -0.1) is 12.4 Å². The maximum absolute atomic E-state index is 10.8. The molecule has 3 aromatic rings. The third-order valence-electron chi connectivity index (χ3n) is 5.78. The summed E-state index contributed by atoms with van der Waals surface area (Å²) in [5, 5.41) is 16.2. The molecule has 0 unspecified atom stereocenters. The van der Waals surface area contributed by atoms with Gasteiger partial charge in [0.15, 0.2) is 0 Å². The Kier molecular flexibility index (Phi) is 8.59. The van der Waals surface area contributed by atoms with Gasteiger partial charge in [-0.2, -0.15) is 0 Å². The van der Waals surface area contributed by atoms with Crippen molar-refractivity contribution >= 4 is 24.1 Å². The van der Waals surface area contributed by atoms with Gasteiger partial charge in [-0.25, -0.2) is 0 Å². The summed E-state index contributed by atoms with van der Waals surface area (Å²) in [4.78, 5) is 19.7. The van der Waals surface area contributed by atoms with Gasteiger partial charge in [0, 0.05) is 43.0 Å². The van der Waals surface area contributed by atoms with Crippen LogP contribution in [0.1, 0.15) is 35.0 Å². The number of nitrogens with zero attached hydrogens (tertiary/aromatic N) is 2. The highest BCUT2D eigenvalue weighted by Crippen LogP contribution is 2.31. The van der Waals surface area contributed by atoms with Crippen molar-refractivity contribution in [3.8, 4) is 0 Å². The van der Waals surface area contributed by atoms with Gasteiger partial charge in [0.1, 0.15) is 0 Å². The molecule has 3 heterocycles.